The Hall–Kier alpha value is -3.37. The number of benzene rings is 1. The lowest BCUT2D eigenvalue weighted by Crippen LogP contribution is -2.15. The van der Waals surface area contributed by atoms with Gasteiger partial charge in [-0.3, -0.25) is 4.79 Å². The summed E-state index contributed by atoms with van der Waals surface area (Å²) < 4.78 is 76.7. The first-order valence-electron chi connectivity index (χ1n) is 7.63. The van der Waals surface area contributed by atoms with Crippen molar-refractivity contribution in [1.82, 2.24) is 14.8 Å². The van der Waals surface area contributed by atoms with Gasteiger partial charge in [-0.25, -0.2) is 9.67 Å². The molecule has 0 aliphatic heterocycles. The summed E-state index contributed by atoms with van der Waals surface area (Å²) in [5, 5.41) is 5.63. The van der Waals surface area contributed by atoms with Crippen LogP contribution < -0.4 is 5.32 Å². The van der Waals surface area contributed by atoms with Crippen molar-refractivity contribution in [2.75, 3.05) is 5.32 Å². The number of halogens is 6. The molecule has 0 aliphatic rings. The van der Waals surface area contributed by atoms with Crippen molar-refractivity contribution in [3.05, 3.63) is 71.7 Å². The Kier molecular flexibility index (Phi) is 4.84. The number of carbonyl (C=O) groups is 1. The van der Waals surface area contributed by atoms with E-state index in [4.69, 9.17) is 0 Å². The summed E-state index contributed by atoms with van der Waals surface area (Å²) in [5.74, 6) is -1.01. The summed E-state index contributed by atoms with van der Waals surface area (Å²) in [5.41, 5.74) is -1.87. The van der Waals surface area contributed by atoms with Gasteiger partial charge >= 0.3 is 12.4 Å². The van der Waals surface area contributed by atoms with E-state index in [0.29, 0.717) is 0 Å². The minimum atomic E-state index is -4.65. The normalized spacial score (nSPS) is 12.1. The number of nitrogens with one attached hydrogen (secondary N) is 1. The average molecular weight is 400 g/mol. The van der Waals surface area contributed by atoms with Crippen molar-refractivity contribution in [2.45, 2.75) is 12.4 Å². The smallest absolute Gasteiger partial charge is 0.307 e. The fourth-order valence-corrected chi connectivity index (χ4v) is 2.24. The van der Waals surface area contributed by atoms with Crippen LogP contribution in [-0.4, -0.2) is 20.7 Å². The molecule has 1 aromatic carbocycles. The van der Waals surface area contributed by atoms with Crippen LogP contribution in [0, 0.1) is 0 Å². The Balaban J connectivity index is 1.75. The largest absolute Gasteiger partial charge is 0.435 e. The quantitative estimate of drug-likeness (QED) is 0.656. The molecule has 0 atom stereocenters. The molecular formula is C17H10F6N4O. The molecule has 28 heavy (non-hydrogen) atoms. The number of aromatic nitrogens is 3. The number of carbonyl (C=O) groups excluding carboxylic acids is 1. The van der Waals surface area contributed by atoms with E-state index in [1.165, 1.54) is 30.3 Å². The number of anilines is 1. The molecule has 0 aliphatic carbocycles. The predicted molar refractivity (Wildman–Crippen MR) is 85.8 cm³/mol. The van der Waals surface area contributed by atoms with Gasteiger partial charge < -0.3 is 5.32 Å². The fourth-order valence-electron chi connectivity index (χ4n) is 2.24. The first-order chi connectivity index (χ1) is 13.0. The minimum absolute atomic E-state index is 0.0752. The maximum Gasteiger partial charge on any atom is 0.435 e. The van der Waals surface area contributed by atoms with Crippen LogP contribution in [0.25, 0.3) is 5.69 Å². The number of nitrogens with zero attached hydrogens (tertiary/aromatic N) is 3. The number of hydrogen-bond acceptors (Lipinski definition) is 3. The molecule has 0 saturated heterocycles. The first-order valence-corrected chi connectivity index (χ1v) is 7.63. The SMILES string of the molecule is O=C(Nc1cccc(C(F)(F)F)n1)c1ccc(-n2ccc(C(F)(F)F)n2)cc1. The van der Waals surface area contributed by atoms with E-state index in [0.717, 1.165) is 29.1 Å². The van der Waals surface area contributed by atoms with Gasteiger partial charge in [0.2, 0.25) is 0 Å². The zero-order valence-corrected chi connectivity index (χ0v) is 13.7. The monoisotopic (exact) mass is 400 g/mol. The molecule has 1 N–H and O–H groups in total. The molecule has 0 fully saturated rings. The zero-order chi connectivity index (χ0) is 20.5. The summed E-state index contributed by atoms with van der Waals surface area (Å²) in [4.78, 5) is 15.5. The van der Waals surface area contributed by atoms with Gasteiger partial charge in [-0.15, -0.1) is 0 Å². The molecule has 2 heterocycles. The van der Waals surface area contributed by atoms with Gasteiger partial charge in [0, 0.05) is 11.8 Å². The van der Waals surface area contributed by atoms with E-state index in [9.17, 15) is 31.1 Å². The molecule has 2 aromatic heterocycles. The van der Waals surface area contributed by atoms with Crippen molar-refractivity contribution >= 4 is 11.7 Å². The topological polar surface area (TPSA) is 59.8 Å². The second-order valence-electron chi connectivity index (χ2n) is 5.55. The molecule has 146 valence electrons. The number of alkyl halides is 6. The summed E-state index contributed by atoms with van der Waals surface area (Å²) in [6.07, 6.45) is -8.12. The minimum Gasteiger partial charge on any atom is -0.307 e. The van der Waals surface area contributed by atoms with Crippen LogP contribution in [0.1, 0.15) is 21.7 Å². The summed E-state index contributed by atoms with van der Waals surface area (Å²) in [7, 11) is 0. The van der Waals surface area contributed by atoms with Crippen LogP contribution in [0.4, 0.5) is 32.2 Å². The Labute approximate surface area is 153 Å². The lowest BCUT2D eigenvalue weighted by molar-refractivity contribution is -0.142. The van der Waals surface area contributed by atoms with Crippen molar-refractivity contribution in [1.29, 1.82) is 0 Å². The van der Waals surface area contributed by atoms with Gasteiger partial charge in [0.05, 0.1) is 5.69 Å². The van der Waals surface area contributed by atoms with Crippen LogP contribution in [0.2, 0.25) is 0 Å². The van der Waals surface area contributed by atoms with Crippen molar-refractivity contribution in [2.24, 2.45) is 0 Å². The first kappa shape index (κ1) is 19.4. The lowest BCUT2D eigenvalue weighted by atomic mass is 10.2. The van der Waals surface area contributed by atoms with E-state index < -0.39 is 29.6 Å². The predicted octanol–water partition coefficient (Wildman–Crippen LogP) is 4.56. The molecule has 1 amide bonds. The third kappa shape index (κ3) is 4.30. The number of rotatable bonds is 3. The van der Waals surface area contributed by atoms with Gasteiger partial charge in [-0.1, -0.05) is 6.07 Å². The molecule has 11 heteroatoms. The van der Waals surface area contributed by atoms with Crippen LogP contribution in [0.15, 0.2) is 54.7 Å². The van der Waals surface area contributed by atoms with E-state index in [-0.39, 0.29) is 17.1 Å². The van der Waals surface area contributed by atoms with E-state index >= 15 is 0 Å². The summed E-state index contributed by atoms with van der Waals surface area (Å²) in [6.45, 7) is 0. The third-order valence-corrected chi connectivity index (χ3v) is 3.55. The Morgan fingerprint density at radius 2 is 1.50 bits per heavy atom. The molecule has 0 radical (unpaired) electrons. The van der Waals surface area contributed by atoms with E-state index in [1.54, 1.807) is 0 Å². The Morgan fingerprint density at radius 3 is 2.07 bits per heavy atom. The second kappa shape index (κ2) is 6.98. The van der Waals surface area contributed by atoms with E-state index in [2.05, 4.69) is 15.4 Å². The molecule has 0 saturated carbocycles. The summed E-state index contributed by atoms with van der Waals surface area (Å²) >= 11 is 0. The van der Waals surface area contributed by atoms with Crippen LogP contribution in [-0.2, 0) is 12.4 Å². The van der Waals surface area contributed by atoms with Gasteiger partial charge in [-0.2, -0.15) is 31.4 Å². The highest BCUT2D eigenvalue weighted by molar-refractivity contribution is 6.03. The molecule has 0 unspecified atom stereocenters. The molecule has 3 rings (SSSR count). The van der Waals surface area contributed by atoms with E-state index in [1.807, 2.05) is 0 Å². The second-order valence-corrected chi connectivity index (χ2v) is 5.55. The molecule has 3 aromatic rings. The highest BCUT2D eigenvalue weighted by Gasteiger charge is 2.34. The maximum atomic E-state index is 12.7. The van der Waals surface area contributed by atoms with Crippen LogP contribution in [0.3, 0.4) is 0 Å². The standard InChI is InChI=1S/C17H10F6N4O/c18-16(19,20)12-2-1-3-14(24-12)25-15(28)10-4-6-11(7-5-10)27-9-8-13(26-27)17(21,22)23/h1-9H,(H,24,25,28). The number of hydrogen-bond donors (Lipinski definition) is 1. The van der Waals surface area contributed by atoms with Gasteiger partial charge in [0.25, 0.3) is 5.91 Å². The molecule has 5 nitrogen and oxygen atoms in total. The zero-order valence-electron chi connectivity index (χ0n) is 13.7. The van der Waals surface area contributed by atoms with Gasteiger partial charge in [-0.05, 0) is 42.5 Å². The highest BCUT2D eigenvalue weighted by atomic mass is 19.4. The number of amides is 1. The Bertz CT molecular complexity index is 992. The van der Waals surface area contributed by atoms with Crippen molar-refractivity contribution in [3.63, 3.8) is 0 Å². The Morgan fingerprint density at radius 1 is 0.857 bits per heavy atom. The summed E-state index contributed by atoms with van der Waals surface area (Å²) in [6, 6.07) is 9.17. The molecule has 0 bridgehead atoms. The van der Waals surface area contributed by atoms with Crippen LogP contribution >= 0.6 is 0 Å². The van der Waals surface area contributed by atoms with Gasteiger partial charge in [0.15, 0.2) is 5.69 Å². The third-order valence-electron chi connectivity index (χ3n) is 3.55. The average Bonchev–Trinajstić information content (AvgIpc) is 3.12. The van der Waals surface area contributed by atoms with Crippen molar-refractivity contribution in [3.8, 4) is 5.69 Å². The highest BCUT2D eigenvalue weighted by Crippen LogP contribution is 2.29. The fraction of sp³-hybridized carbons (Fsp3) is 0.118. The molecular weight excluding hydrogens is 390 g/mol. The van der Waals surface area contributed by atoms with Gasteiger partial charge in [0.1, 0.15) is 11.5 Å². The van der Waals surface area contributed by atoms with Crippen LogP contribution in [0.5, 0.6) is 0 Å². The molecule has 0 spiro atoms. The number of pyridine rings is 1. The lowest BCUT2D eigenvalue weighted by Gasteiger charge is -2.09. The maximum absolute atomic E-state index is 12.7. The van der Waals surface area contributed by atoms with Crippen molar-refractivity contribution < 1.29 is 31.1 Å².